The zero-order valence-corrected chi connectivity index (χ0v) is 16.5. The Kier molecular flexibility index (Phi) is 4.15. The summed E-state index contributed by atoms with van der Waals surface area (Å²) in [6.45, 7) is 3.24. The lowest BCUT2D eigenvalue weighted by atomic mass is 9.48. The summed E-state index contributed by atoms with van der Waals surface area (Å²) >= 11 is 9.22. The number of aromatic nitrogens is 3. The van der Waals surface area contributed by atoms with E-state index in [-0.39, 0.29) is 11.3 Å². The molecule has 0 spiro atoms. The molecule has 4 fully saturated rings. The van der Waals surface area contributed by atoms with E-state index in [2.05, 4.69) is 31.4 Å². The van der Waals surface area contributed by atoms with Gasteiger partial charge in [0.25, 0.3) is 0 Å². The van der Waals surface area contributed by atoms with Crippen LogP contribution in [0.4, 0.5) is 0 Å². The van der Waals surface area contributed by atoms with Gasteiger partial charge in [0.1, 0.15) is 0 Å². The Bertz CT molecular complexity index is 698. The van der Waals surface area contributed by atoms with Crippen LogP contribution in [0.3, 0.4) is 0 Å². The molecule has 7 heteroatoms. The van der Waals surface area contributed by atoms with E-state index in [0.717, 1.165) is 30.6 Å². The number of aromatic amines is 1. The maximum atomic E-state index is 12.6. The van der Waals surface area contributed by atoms with E-state index >= 15 is 0 Å². The molecule has 4 aliphatic rings. The first-order valence-corrected chi connectivity index (χ1v) is 10.2. The van der Waals surface area contributed by atoms with E-state index in [1.807, 2.05) is 11.5 Å². The molecule has 0 aliphatic heterocycles. The third kappa shape index (κ3) is 2.98. The van der Waals surface area contributed by atoms with Crippen molar-refractivity contribution in [1.82, 2.24) is 20.1 Å². The van der Waals surface area contributed by atoms with Gasteiger partial charge in [-0.3, -0.25) is 9.89 Å². The van der Waals surface area contributed by atoms with Crippen LogP contribution in [-0.4, -0.2) is 25.0 Å². The highest BCUT2D eigenvalue weighted by Crippen LogP contribution is 2.65. The quantitative estimate of drug-likeness (QED) is 0.572. The Morgan fingerprint density at radius 1 is 1.42 bits per heavy atom. The van der Waals surface area contributed by atoms with Crippen molar-refractivity contribution >= 4 is 34.1 Å². The van der Waals surface area contributed by atoms with Crippen LogP contribution in [0.5, 0.6) is 0 Å². The SMILES string of the molecule is CCn1c(CNC(=O)CC23CC4CC(CC(Br)(C4)C2)C3)n[nH]c1=S. The molecule has 5 rings (SSSR count). The van der Waals surface area contributed by atoms with E-state index in [0.29, 0.717) is 22.1 Å². The number of carbonyl (C=O) groups is 1. The molecule has 2 N–H and O–H groups in total. The van der Waals surface area contributed by atoms with Crippen LogP contribution in [0.15, 0.2) is 0 Å². The molecule has 1 heterocycles. The molecule has 24 heavy (non-hydrogen) atoms. The molecule has 5 nitrogen and oxygen atoms in total. The smallest absolute Gasteiger partial charge is 0.220 e. The fourth-order valence-electron chi connectivity index (χ4n) is 5.93. The fourth-order valence-corrected chi connectivity index (χ4v) is 7.73. The van der Waals surface area contributed by atoms with Gasteiger partial charge in [0.2, 0.25) is 5.91 Å². The van der Waals surface area contributed by atoms with E-state index in [4.69, 9.17) is 12.2 Å². The molecular weight excluding hydrogens is 388 g/mol. The molecule has 4 saturated carbocycles. The molecule has 4 bridgehead atoms. The first-order chi connectivity index (χ1) is 11.4. The molecule has 132 valence electrons. The average Bonchev–Trinajstić information content (AvgIpc) is 2.82. The summed E-state index contributed by atoms with van der Waals surface area (Å²) in [7, 11) is 0. The molecule has 1 aromatic heterocycles. The van der Waals surface area contributed by atoms with Crippen LogP contribution >= 0.6 is 28.1 Å². The number of nitrogens with one attached hydrogen (secondary N) is 2. The lowest BCUT2D eigenvalue weighted by Crippen LogP contribution is -2.54. The highest BCUT2D eigenvalue weighted by molar-refractivity contribution is 9.10. The minimum absolute atomic E-state index is 0.157. The van der Waals surface area contributed by atoms with Crippen LogP contribution in [0.1, 0.15) is 57.7 Å². The lowest BCUT2D eigenvalue weighted by Gasteiger charge is -2.60. The highest BCUT2D eigenvalue weighted by atomic mass is 79.9. The van der Waals surface area contributed by atoms with Crippen LogP contribution in [0.25, 0.3) is 0 Å². The predicted octanol–water partition coefficient (Wildman–Crippen LogP) is 3.70. The number of hydrogen-bond acceptors (Lipinski definition) is 3. The Morgan fingerprint density at radius 3 is 2.75 bits per heavy atom. The van der Waals surface area contributed by atoms with E-state index in [9.17, 15) is 4.79 Å². The van der Waals surface area contributed by atoms with Crippen LogP contribution in [0.2, 0.25) is 0 Å². The Labute approximate surface area is 156 Å². The third-order valence-electron chi connectivity index (χ3n) is 6.24. The Hall–Kier alpha value is -0.690. The second-order valence-corrected chi connectivity index (χ2v) is 10.3. The lowest BCUT2D eigenvalue weighted by molar-refractivity contribution is -0.128. The van der Waals surface area contributed by atoms with E-state index in [1.54, 1.807) is 0 Å². The Morgan fingerprint density at radius 2 is 2.12 bits per heavy atom. The number of nitrogens with zero attached hydrogens (tertiary/aromatic N) is 2. The second kappa shape index (κ2) is 5.94. The van der Waals surface area contributed by atoms with Gasteiger partial charge in [0, 0.05) is 17.3 Å². The summed E-state index contributed by atoms with van der Waals surface area (Å²) in [5, 5.41) is 10.1. The topological polar surface area (TPSA) is 62.7 Å². The first-order valence-electron chi connectivity index (χ1n) is 9.00. The van der Waals surface area contributed by atoms with E-state index in [1.165, 1.54) is 32.1 Å². The summed E-state index contributed by atoms with van der Waals surface area (Å²) in [5.74, 6) is 2.59. The van der Waals surface area contributed by atoms with Gasteiger partial charge < -0.3 is 9.88 Å². The largest absolute Gasteiger partial charge is 0.349 e. The summed E-state index contributed by atoms with van der Waals surface area (Å²) in [5.41, 5.74) is 0.215. The van der Waals surface area contributed by atoms with Gasteiger partial charge in [-0.15, -0.1) is 0 Å². The van der Waals surface area contributed by atoms with Gasteiger partial charge in [-0.1, -0.05) is 15.9 Å². The van der Waals surface area contributed by atoms with Crippen LogP contribution in [0, 0.1) is 22.0 Å². The standard InChI is InChI=1S/C17H25BrN4OS/c1-2-22-13(20-21-15(22)24)9-19-14(23)8-16-4-11-3-12(5-16)7-17(18,6-11)10-16/h11-12H,2-10H2,1H3,(H,19,23)(H,21,24). The minimum Gasteiger partial charge on any atom is -0.349 e. The number of halogens is 1. The number of carbonyl (C=O) groups excluding carboxylic acids is 1. The fraction of sp³-hybridized carbons (Fsp3) is 0.824. The molecular formula is C17H25BrN4OS. The zero-order chi connectivity index (χ0) is 16.9. The molecule has 0 radical (unpaired) electrons. The maximum absolute atomic E-state index is 12.6. The molecule has 0 aromatic carbocycles. The van der Waals surface area contributed by atoms with Crippen molar-refractivity contribution in [3.63, 3.8) is 0 Å². The summed E-state index contributed by atoms with van der Waals surface area (Å²) in [4.78, 5) is 12.6. The monoisotopic (exact) mass is 412 g/mol. The highest BCUT2D eigenvalue weighted by Gasteiger charge is 2.57. The summed E-state index contributed by atoms with van der Waals surface area (Å²) in [6.07, 6.45) is 8.27. The van der Waals surface area contributed by atoms with Gasteiger partial charge >= 0.3 is 0 Å². The molecule has 1 aromatic rings. The number of rotatable bonds is 5. The van der Waals surface area contributed by atoms with Gasteiger partial charge in [-0.25, -0.2) is 0 Å². The molecule has 0 saturated heterocycles. The predicted molar refractivity (Wildman–Crippen MR) is 98.3 cm³/mol. The van der Waals surface area contributed by atoms with Crippen molar-refractivity contribution in [2.75, 3.05) is 0 Å². The van der Waals surface area contributed by atoms with E-state index < -0.39 is 0 Å². The number of hydrogen-bond donors (Lipinski definition) is 2. The first kappa shape index (κ1) is 16.8. The third-order valence-corrected chi connectivity index (χ3v) is 7.48. The van der Waals surface area contributed by atoms with Gasteiger partial charge in [0.05, 0.1) is 6.54 Å². The minimum atomic E-state index is 0.157. The summed E-state index contributed by atoms with van der Waals surface area (Å²) in [6, 6.07) is 0. The number of amides is 1. The normalized spacial score (nSPS) is 36.9. The molecule has 2 unspecified atom stereocenters. The van der Waals surface area contributed by atoms with Crippen molar-refractivity contribution in [2.24, 2.45) is 17.3 Å². The second-order valence-electron chi connectivity index (χ2n) is 8.25. The van der Waals surface area contributed by atoms with Crippen LogP contribution in [-0.2, 0) is 17.9 Å². The van der Waals surface area contributed by atoms with Crippen molar-refractivity contribution in [1.29, 1.82) is 0 Å². The van der Waals surface area contributed by atoms with Gasteiger partial charge in [-0.05, 0) is 74.9 Å². The van der Waals surface area contributed by atoms with Gasteiger partial charge in [-0.2, -0.15) is 5.10 Å². The van der Waals surface area contributed by atoms with Crippen molar-refractivity contribution in [3.8, 4) is 0 Å². The average molecular weight is 413 g/mol. The van der Waals surface area contributed by atoms with Crippen molar-refractivity contribution < 1.29 is 4.79 Å². The van der Waals surface area contributed by atoms with Crippen molar-refractivity contribution in [2.45, 2.75) is 69.3 Å². The maximum Gasteiger partial charge on any atom is 0.220 e. The molecule has 4 aliphatic carbocycles. The number of H-pyrrole nitrogens is 1. The summed E-state index contributed by atoms with van der Waals surface area (Å²) < 4.78 is 2.85. The molecule has 1 amide bonds. The van der Waals surface area contributed by atoms with Gasteiger partial charge in [0.15, 0.2) is 10.6 Å². The molecule has 2 atom stereocenters. The number of alkyl halides is 1. The Balaban J connectivity index is 1.40. The van der Waals surface area contributed by atoms with Crippen LogP contribution < -0.4 is 5.32 Å². The zero-order valence-electron chi connectivity index (χ0n) is 14.1. The van der Waals surface area contributed by atoms with Crippen molar-refractivity contribution in [3.05, 3.63) is 10.6 Å².